The minimum atomic E-state index is -1.06. The predicted octanol–water partition coefficient (Wildman–Crippen LogP) is 2.31. The monoisotopic (exact) mass is 719 g/mol. The van der Waals surface area contributed by atoms with Crippen LogP contribution in [0.1, 0.15) is 37.6 Å². The van der Waals surface area contributed by atoms with Crippen molar-refractivity contribution in [2.45, 2.75) is 51.9 Å². The SMILES string of the molecule is CC(C)C(=O)Nc1nc2c(ncn2[C@H]2CC(OC(=O)NCC(=O)OCc3ccccc3)[C@@H](COC(=O)NCC(=O)OCc3ccccc3)O2)c(=O)[nH]1. The summed E-state index contributed by atoms with van der Waals surface area (Å²) in [5.74, 6) is -2.29. The quantitative estimate of drug-likeness (QED) is 0.108. The normalized spacial score (nSPS) is 16.6. The number of amides is 3. The number of hydrogen-bond donors (Lipinski definition) is 4. The Morgan fingerprint density at radius 1 is 0.885 bits per heavy atom. The number of benzene rings is 2. The molecule has 1 aliphatic heterocycles. The molecule has 0 spiro atoms. The van der Waals surface area contributed by atoms with Crippen LogP contribution in [-0.4, -0.2) is 81.5 Å². The Labute approximate surface area is 296 Å². The Hall–Kier alpha value is -6.30. The molecule has 1 fully saturated rings. The smallest absolute Gasteiger partial charge is 0.408 e. The van der Waals surface area contributed by atoms with Gasteiger partial charge < -0.3 is 34.3 Å². The van der Waals surface area contributed by atoms with E-state index in [2.05, 4.69) is 30.9 Å². The largest absolute Gasteiger partial charge is 0.460 e. The summed E-state index contributed by atoms with van der Waals surface area (Å²) in [6, 6.07) is 18.0. The van der Waals surface area contributed by atoms with E-state index in [-0.39, 0.29) is 42.7 Å². The molecular formula is C34H37N7O11. The highest BCUT2D eigenvalue weighted by molar-refractivity contribution is 5.91. The number of H-pyrrole nitrogens is 1. The summed E-state index contributed by atoms with van der Waals surface area (Å²) >= 11 is 0. The topological polar surface area (TPSA) is 231 Å². The molecule has 5 rings (SSSR count). The number of aromatic nitrogens is 4. The Balaban J connectivity index is 1.21. The minimum absolute atomic E-state index is 0.0133. The molecule has 4 aromatic rings. The highest BCUT2D eigenvalue weighted by Crippen LogP contribution is 2.33. The van der Waals surface area contributed by atoms with Crippen LogP contribution in [0.15, 0.2) is 71.8 Å². The maximum absolute atomic E-state index is 12.8. The molecule has 3 heterocycles. The van der Waals surface area contributed by atoms with Crippen molar-refractivity contribution in [3.8, 4) is 0 Å². The Bertz CT molecular complexity index is 1930. The van der Waals surface area contributed by atoms with Gasteiger partial charge in [0, 0.05) is 12.3 Å². The molecule has 0 radical (unpaired) electrons. The van der Waals surface area contributed by atoms with Crippen LogP contribution in [0.2, 0.25) is 0 Å². The molecule has 3 atom stereocenters. The van der Waals surface area contributed by atoms with Crippen LogP contribution in [0.4, 0.5) is 15.5 Å². The highest BCUT2D eigenvalue weighted by atomic mass is 16.6. The highest BCUT2D eigenvalue weighted by Gasteiger charge is 2.41. The molecule has 2 aromatic heterocycles. The number of fused-ring (bicyclic) bond motifs is 1. The number of nitrogens with zero attached hydrogens (tertiary/aromatic N) is 3. The molecule has 2 aromatic carbocycles. The van der Waals surface area contributed by atoms with Crippen LogP contribution in [0.25, 0.3) is 11.2 Å². The second kappa shape index (κ2) is 17.6. The molecule has 274 valence electrons. The summed E-state index contributed by atoms with van der Waals surface area (Å²) < 4.78 is 28.6. The summed E-state index contributed by atoms with van der Waals surface area (Å²) in [7, 11) is 0. The van der Waals surface area contributed by atoms with Crippen LogP contribution in [0.3, 0.4) is 0 Å². The third kappa shape index (κ3) is 10.4. The van der Waals surface area contributed by atoms with Crippen LogP contribution in [0.5, 0.6) is 0 Å². The van der Waals surface area contributed by atoms with Crippen molar-refractivity contribution in [2.24, 2.45) is 5.92 Å². The van der Waals surface area contributed by atoms with Crippen molar-refractivity contribution in [2.75, 3.05) is 25.0 Å². The number of aromatic amines is 1. The standard InChI is InChI=1S/C34H37N7O11/c1-20(2)30(44)39-32-38-29-28(31(45)40-32)37-19-41(29)25-13-23(52-34(47)36-15-27(43)49-17-22-11-7-4-8-12-22)24(51-25)18-50-33(46)35-14-26(42)48-16-21-9-5-3-6-10-21/h3-12,19-20,23-25H,13-18H2,1-2H3,(H,35,46)(H,36,47)(H2,38,39,40,44,45)/t23?,24-,25-/m1/s1. The van der Waals surface area contributed by atoms with Crippen LogP contribution >= 0.6 is 0 Å². The molecule has 18 heteroatoms. The average molecular weight is 720 g/mol. The van der Waals surface area contributed by atoms with Crippen molar-refractivity contribution in [1.82, 2.24) is 30.2 Å². The van der Waals surface area contributed by atoms with Gasteiger partial charge in [-0.15, -0.1) is 0 Å². The first-order valence-corrected chi connectivity index (χ1v) is 16.2. The van der Waals surface area contributed by atoms with Gasteiger partial charge in [0.25, 0.3) is 5.56 Å². The van der Waals surface area contributed by atoms with Gasteiger partial charge >= 0.3 is 24.1 Å². The Morgan fingerprint density at radius 3 is 2.08 bits per heavy atom. The zero-order valence-electron chi connectivity index (χ0n) is 28.2. The molecule has 18 nitrogen and oxygen atoms in total. The molecule has 4 N–H and O–H groups in total. The van der Waals surface area contributed by atoms with E-state index in [9.17, 15) is 28.8 Å². The molecule has 52 heavy (non-hydrogen) atoms. The summed E-state index contributed by atoms with van der Waals surface area (Å²) in [6.07, 6.45) is -3.73. The second-order valence-electron chi connectivity index (χ2n) is 11.8. The molecule has 3 amide bonds. The van der Waals surface area contributed by atoms with Crippen molar-refractivity contribution in [3.63, 3.8) is 0 Å². The number of imidazole rings is 1. The molecule has 1 unspecified atom stereocenters. The molecule has 0 saturated carbocycles. The first-order valence-electron chi connectivity index (χ1n) is 16.2. The van der Waals surface area contributed by atoms with Crippen molar-refractivity contribution in [1.29, 1.82) is 0 Å². The van der Waals surface area contributed by atoms with Crippen molar-refractivity contribution < 1.29 is 47.7 Å². The molecule has 1 saturated heterocycles. The lowest BCUT2D eigenvalue weighted by atomic mass is 10.2. The molecule has 0 bridgehead atoms. The van der Waals surface area contributed by atoms with Crippen molar-refractivity contribution >= 4 is 47.1 Å². The maximum Gasteiger partial charge on any atom is 0.408 e. The number of ether oxygens (including phenoxy) is 5. The number of esters is 2. The average Bonchev–Trinajstić information content (AvgIpc) is 3.75. The van der Waals surface area contributed by atoms with Crippen molar-refractivity contribution in [3.05, 3.63) is 88.5 Å². The number of rotatable bonds is 14. The number of alkyl carbamates (subject to hydrolysis) is 2. The first kappa shape index (κ1) is 37.0. The van der Waals surface area contributed by atoms with Gasteiger partial charge in [-0.25, -0.2) is 14.6 Å². The zero-order chi connectivity index (χ0) is 37.0. The van der Waals surface area contributed by atoms with Gasteiger partial charge in [0.15, 0.2) is 11.2 Å². The van der Waals surface area contributed by atoms with E-state index in [0.717, 1.165) is 11.1 Å². The third-order valence-corrected chi connectivity index (χ3v) is 7.57. The van der Waals surface area contributed by atoms with Gasteiger partial charge in [0.2, 0.25) is 11.9 Å². The number of nitrogens with one attached hydrogen (secondary N) is 4. The summed E-state index contributed by atoms with van der Waals surface area (Å²) in [5.41, 5.74) is 0.930. The fourth-order valence-electron chi connectivity index (χ4n) is 4.86. The predicted molar refractivity (Wildman–Crippen MR) is 180 cm³/mol. The van der Waals surface area contributed by atoms with Gasteiger partial charge in [-0.05, 0) is 11.1 Å². The number of anilines is 1. The van der Waals surface area contributed by atoms with E-state index in [0.29, 0.717) is 0 Å². The summed E-state index contributed by atoms with van der Waals surface area (Å²) in [6.45, 7) is 1.98. The molecule has 0 aliphatic carbocycles. The van der Waals surface area contributed by atoms with E-state index in [1.165, 1.54) is 10.9 Å². The first-order chi connectivity index (χ1) is 25.0. The van der Waals surface area contributed by atoms with Crippen LogP contribution in [0, 0.1) is 5.92 Å². The molecule has 1 aliphatic rings. The van der Waals surface area contributed by atoms with E-state index >= 15 is 0 Å². The number of carbonyl (C=O) groups excluding carboxylic acids is 5. The lowest BCUT2D eigenvalue weighted by Gasteiger charge is -2.19. The summed E-state index contributed by atoms with van der Waals surface area (Å²) in [5, 5.41) is 7.16. The van der Waals surface area contributed by atoms with E-state index < -0.39 is 73.7 Å². The fourth-order valence-corrected chi connectivity index (χ4v) is 4.86. The number of hydrogen-bond acceptors (Lipinski definition) is 13. The molecular weight excluding hydrogens is 682 g/mol. The maximum atomic E-state index is 12.8. The van der Waals surface area contributed by atoms with E-state index in [1.807, 2.05) is 12.1 Å². The summed E-state index contributed by atoms with van der Waals surface area (Å²) in [4.78, 5) is 85.5. The van der Waals surface area contributed by atoms with Crippen LogP contribution in [-0.2, 0) is 51.3 Å². The van der Waals surface area contributed by atoms with Gasteiger partial charge in [0.05, 0.1) is 6.33 Å². The minimum Gasteiger partial charge on any atom is -0.460 e. The Morgan fingerprint density at radius 2 is 1.48 bits per heavy atom. The lowest BCUT2D eigenvalue weighted by Crippen LogP contribution is -2.39. The van der Waals surface area contributed by atoms with Crippen LogP contribution < -0.4 is 21.5 Å². The van der Waals surface area contributed by atoms with Gasteiger partial charge in [-0.2, -0.15) is 4.98 Å². The van der Waals surface area contributed by atoms with Gasteiger partial charge in [-0.1, -0.05) is 74.5 Å². The van der Waals surface area contributed by atoms with Gasteiger partial charge in [0.1, 0.15) is 51.3 Å². The van der Waals surface area contributed by atoms with E-state index in [1.54, 1.807) is 62.4 Å². The second-order valence-corrected chi connectivity index (χ2v) is 11.8. The third-order valence-electron chi connectivity index (χ3n) is 7.57. The number of carbonyl (C=O) groups is 5. The zero-order valence-corrected chi connectivity index (χ0v) is 28.2. The lowest BCUT2D eigenvalue weighted by molar-refractivity contribution is -0.144. The van der Waals surface area contributed by atoms with Gasteiger partial charge in [-0.3, -0.25) is 34.0 Å². The fraction of sp³-hybridized carbons (Fsp3) is 0.353. The van der Waals surface area contributed by atoms with E-state index in [4.69, 9.17) is 23.7 Å². The Kier molecular flexibility index (Phi) is 12.5.